The molecule has 19 heavy (non-hydrogen) atoms. The highest BCUT2D eigenvalue weighted by atomic mass is 32.2. The number of sulfone groups is 1. The zero-order valence-corrected chi connectivity index (χ0v) is 12.2. The summed E-state index contributed by atoms with van der Waals surface area (Å²) in [5.74, 6) is -0.414. The normalized spacial score (nSPS) is 11.5. The van der Waals surface area contributed by atoms with Crippen LogP contribution in [0.5, 0.6) is 0 Å². The van der Waals surface area contributed by atoms with Gasteiger partial charge < -0.3 is 11.1 Å². The summed E-state index contributed by atoms with van der Waals surface area (Å²) < 4.78 is 24.0. The number of nitrogen functional groups attached to an aromatic ring is 1. The van der Waals surface area contributed by atoms with Crippen molar-refractivity contribution < 1.29 is 13.2 Å². The number of carbonyl (C=O) groups excluding carboxylic acids is 1. The zero-order valence-electron chi connectivity index (χ0n) is 11.4. The number of nitrogens with two attached hydrogens (primary N) is 1. The van der Waals surface area contributed by atoms with Gasteiger partial charge in [-0.3, -0.25) is 9.48 Å². The molecule has 0 radical (unpaired) electrons. The third kappa shape index (κ3) is 3.69. The molecule has 0 saturated heterocycles. The second kappa shape index (κ2) is 6.05. The molecular formula is C11H20N4O3S. The van der Waals surface area contributed by atoms with Gasteiger partial charge in [-0.1, -0.05) is 13.8 Å². The second-order valence-corrected chi connectivity index (χ2v) is 6.65. The fraction of sp³-hybridized carbons (Fsp3) is 0.636. The lowest BCUT2D eigenvalue weighted by atomic mass is 10.2. The van der Waals surface area contributed by atoms with Crippen molar-refractivity contribution in [2.24, 2.45) is 7.05 Å². The lowest BCUT2D eigenvalue weighted by Crippen LogP contribution is -2.31. The predicted molar refractivity (Wildman–Crippen MR) is 73.7 cm³/mol. The highest BCUT2D eigenvalue weighted by Gasteiger charge is 2.19. The number of anilines is 1. The van der Waals surface area contributed by atoms with E-state index in [1.54, 1.807) is 14.0 Å². The van der Waals surface area contributed by atoms with Crippen LogP contribution in [0.15, 0.2) is 0 Å². The van der Waals surface area contributed by atoms with Gasteiger partial charge in [0, 0.05) is 19.3 Å². The van der Waals surface area contributed by atoms with Gasteiger partial charge in [0.05, 0.1) is 17.1 Å². The van der Waals surface area contributed by atoms with E-state index in [0.717, 1.165) is 0 Å². The number of aryl methyl sites for hydroxylation is 2. The SMILES string of the molecule is CCc1nn(C)c(C(=O)NCCS(=O)(=O)CC)c1N. The molecule has 0 fully saturated rings. The summed E-state index contributed by atoms with van der Waals surface area (Å²) in [5.41, 5.74) is 7.12. The van der Waals surface area contributed by atoms with E-state index in [1.807, 2.05) is 6.92 Å². The first kappa shape index (κ1) is 15.5. The molecular weight excluding hydrogens is 268 g/mol. The Hall–Kier alpha value is -1.57. The van der Waals surface area contributed by atoms with Crippen LogP contribution in [0.2, 0.25) is 0 Å². The second-order valence-electron chi connectivity index (χ2n) is 4.18. The van der Waals surface area contributed by atoms with Crippen LogP contribution >= 0.6 is 0 Å². The quantitative estimate of drug-likeness (QED) is 0.749. The van der Waals surface area contributed by atoms with Crippen molar-refractivity contribution in [3.05, 3.63) is 11.4 Å². The van der Waals surface area contributed by atoms with Crippen LogP contribution < -0.4 is 11.1 Å². The maximum absolute atomic E-state index is 11.9. The Morgan fingerprint density at radius 2 is 2.05 bits per heavy atom. The van der Waals surface area contributed by atoms with Crippen LogP contribution in [-0.2, 0) is 23.3 Å². The molecule has 8 heteroatoms. The summed E-state index contributed by atoms with van der Waals surface area (Å²) in [7, 11) is -1.45. The summed E-state index contributed by atoms with van der Waals surface area (Å²) in [4.78, 5) is 11.9. The third-order valence-corrected chi connectivity index (χ3v) is 4.55. The van der Waals surface area contributed by atoms with E-state index in [0.29, 0.717) is 17.8 Å². The average molecular weight is 288 g/mol. The molecule has 3 N–H and O–H groups in total. The van der Waals surface area contributed by atoms with Gasteiger partial charge in [0.25, 0.3) is 5.91 Å². The minimum absolute atomic E-state index is 0.0662. The van der Waals surface area contributed by atoms with Gasteiger partial charge in [-0.2, -0.15) is 5.10 Å². The Kier molecular flexibility index (Phi) is 4.93. The molecule has 1 amide bonds. The molecule has 0 bridgehead atoms. The number of amides is 1. The maximum atomic E-state index is 11.9. The molecule has 0 aromatic carbocycles. The van der Waals surface area contributed by atoms with E-state index in [2.05, 4.69) is 10.4 Å². The molecule has 7 nitrogen and oxygen atoms in total. The van der Waals surface area contributed by atoms with Crippen LogP contribution in [0, 0.1) is 0 Å². The summed E-state index contributed by atoms with van der Waals surface area (Å²) in [6, 6.07) is 0. The van der Waals surface area contributed by atoms with Crippen LogP contribution in [0.4, 0.5) is 5.69 Å². The Morgan fingerprint density at radius 1 is 1.42 bits per heavy atom. The lowest BCUT2D eigenvalue weighted by Gasteiger charge is -2.06. The number of hydrogen-bond acceptors (Lipinski definition) is 5. The van der Waals surface area contributed by atoms with Crippen molar-refractivity contribution >= 4 is 21.4 Å². The van der Waals surface area contributed by atoms with E-state index in [-0.39, 0.29) is 23.7 Å². The topological polar surface area (TPSA) is 107 Å². The molecule has 0 aliphatic rings. The van der Waals surface area contributed by atoms with Crippen LogP contribution in [0.1, 0.15) is 30.0 Å². The molecule has 0 saturated carbocycles. The van der Waals surface area contributed by atoms with Crippen molar-refractivity contribution in [2.75, 3.05) is 23.8 Å². The predicted octanol–water partition coefficient (Wildman–Crippen LogP) is -0.271. The summed E-state index contributed by atoms with van der Waals surface area (Å²) >= 11 is 0. The van der Waals surface area contributed by atoms with Gasteiger partial charge in [0.15, 0.2) is 9.84 Å². The number of nitrogens with zero attached hydrogens (tertiary/aromatic N) is 2. The van der Waals surface area contributed by atoms with Crippen molar-refractivity contribution in [3.63, 3.8) is 0 Å². The highest BCUT2D eigenvalue weighted by molar-refractivity contribution is 7.91. The minimum atomic E-state index is -3.09. The first-order valence-electron chi connectivity index (χ1n) is 6.12. The van der Waals surface area contributed by atoms with Gasteiger partial charge in [0.1, 0.15) is 5.69 Å². The van der Waals surface area contributed by atoms with Crippen molar-refractivity contribution in [1.29, 1.82) is 0 Å². The van der Waals surface area contributed by atoms with E-state index >= 15 is 0 Å². The van der Waals surface area contributed by atoms with Gasteiger partial charge in [-0.25, -0.2) is 8.42 Å². The molecule has 0 aliphatic heterocycles. The number of aromatic nitrogens is 2. The van der Waals surface area contributed by atoms with Crippen LogP contribution in [0.25, 0.3) is 0 Å². The van der Waals surface area contributed by atoms with Crippen LogP contribution in [0.3, 0.4) is 0 Å². The summed E-state index contributed by atoms with van der Waals surface area (Å²) in [6.45, 7) is 3.54. The molecule has 1 rings (SSSR count). The number of hydrogen-bond donors (Lipinski definition) is 2. The summed E-state index contributed by atoms with van der Waals surface area (Å²) in [6.07, 6.45) is 0.636. The van der Waals surface area contributed by atoms with Gasteiger partial charge in [-0.05, 0) is 6.42 Å². The fourth-order valence-corrected chi connectivity index (χ4v) is 2.38. The first-order chi connectivity index (χ1) is 8.82. The minimum Gasteiger partial charge on any atom is -0.395 e. The third-order valence-electron chi connectivity index (χ3n) is 2.85. The van der Waals surface area contributed by atoms with Crippen LogP contribution in [-0.4, -0.2) is 42.2 Å². The van der Waals surface area contributed by atoms with Crippen molar-refractivity contribution in [3.8, 4) is 0 Å². The van der Waals surface area contributed by atoms with Gasteiger partial charge >= 0.3 is 0 Å². The van der Waals surface area contributed by atoms with Gasteiger partial charge in [0.2, 0.25) is 0 Å². The summed E-state index contributed by atoms with van der Waals surface area (Å²) in [5, 5.41) is 6.68. The standard InChI is InChI=1S/C11H20N4O3S/c1-4-8-9(12)10(15(3)14-8)11(16)13-6-7-19(17,18)5-2/h4-7,12H2,1-3H3,(H,13,16). The number of rotatable bonds is 6. The number of nitrogens with one attached hydrogen (secondary N) is 1. The Balaban J connectivity index is 2.72. The zero-order chi connectivity index (χ0) is 14.6. The average Bonchev–Trinajstić information content (AvgIpc) is 2.64. The van der Waals surface area contributed by atoms with Crippen molar-refractivity contribution in [1.82, 2.24) is 15.1 Å². The molecule has 0 spiro atoms. The molecule has 0 atom stereocenters. The van der Waals surface area contributed by atoms with Gasteiger partial charge in [-0.15, -0.1) is 0 Å². The lowest BCUT2D eigenvalue weighted by molar-refractivity contribution is 0.0947. The number of carbonyl (C=O) groups is 1. The largest absolute Gasteiger partial charge is 0.395 e. The first-order valence-corrected chi connectivity index (χ1v) is 7.94. The molecule has 108 valence electrons. The molecule has 0 aliphatic carbocycles. The molecule has 1 aromatic rings. The Bertz CT molecular complexity index is 563. The van der Waals surface area contributed by atoms with E-state index in [1.165, 1.54) is 4.68 Å². The smallest absolute Gasteiger partial charge is 0.271 e. The highest BCUT2D eigenvalue weighted by Crippen LogP contribution is 2.16. The molecule has 1 aromatic heterocycles. The monoisotopic (exact) mass is 288 g/mol. The van der Waals surface area contributed by atoms with E-state index < -0.39 is 15.7 Å². The maximum Gasteiger partial charge on any atom is 0.271 e. The molecule has 0 unspecified atom stereocenters. The van der Waals surface area contributed by atoms with E-state index in [4.69, 9.17) is 5.73 Å². The van der Waals surface area contributed by atoms with E-state index in [9.17, 15) is 13.2 Å². The molecule has 1 heterocycles. The Morgan fingerprint density at radius 3 is 2.53 bits per heavy atom. The van der Waals surface area contributed by atoms with Crippen molar-refractivity contribution in [2.45, 2.75) is 20.3 Å². The fourth-order valence-electron chi connectivity index (χ4n) is 1.67. The Labute approximate surface area is 113 Å².